The van der Waals surface area contributed by atoms with Gasteiger partial charge in [-0.05, 0) is 37.1 Å². The summed E-state index contributed by atoms with van der Waals surface area (Å²) in [5.41, 5.74) is 3.17. The van der Waals surface area contributed by atoms with Crippen LogP contribution < -0.4 is 15.6 Å². The lowest BCUT2D eigenvalue weighted by molar-refractivity contribution is -0.123. The Morgan fingerprint density at radius 3 is 2.76 bits per heavy atom. The van der Waals surface area contributed by atoms with E-state index in [1.807, 2.05) is 42.5 Å². The number of fused-ring (bicyclic) bond motifs is 5. The van der Waals surface area contributed by atoms with Crippen molar-refractivity contribution in [3.63, 3.8) is 0 Å². The third-order valence-electron chi connectivity index (χ3n) is 6.08. The lowest BCUT2D eigenvalue weighted by atomic mass is 10.0. The number of hydrogen-bond acceptors (Lipinski definition) is 5. The molecule has 3 heterocycles. The molecule has 1 amide bonds. The molecule has 0 saturated heterocycles. The van der Waals surface area contributed by atoms with Gasteiger partial charge in [-0.15, -0.1) is 6.58 Å². The van der Waals surface area contributed by atoms with Crippen LogP contribution in [0.15, 0.2) is 66.1 Å². The molecule has 1 N–H and O–H groups in total. The highest BCUT2D eigenvalue weighted by atomic mass is 16.5. The summed E-state index contributed by atoms with van der Waals surface area (Å²) >= 11 is 0. The molecule has 0 fully saturated rings. The predicted molar refractivity (Wildman–Crippen MR) is 134 cm³/mol. The van der Waals surface area contributed by atoms with Gasteiger partial charge < -0.3 is 14.8 Å². The smallest absolute Gasteiger partial charge is 0.263 e. The van der Waals surface area contributed by atoms with Crippen molar-refractivity contribution in [3.05, 3.63) is 77.2 Å². The van der Waals surface area contributed by atoms with Gasteiger partial charge in [-0.25, -0.2) is 0 Å². The highest BCUT2D eigenvalue weighted by Gasteiger charge is 2.21. The molecule has 0 aliphatic rings. The van der Waals surface area contributed by atoms with Gasteiger partial charge in [0.25, 0.3) is 11.5 Å². The molecule has 7 heteroatoms. The molecule has 2 aromatic carbocycles. The van der Waals surface area contributed by atoms with Gasteiger partial charge in [0.05, 0.1) is 16.6 Å². The Morgan fingerprint density at radius 2 is 1.97 bits per heavy atom. The van der Waals surface area contributed by atoms with Crippen LogP contribution in [0.5, 0.6) is 5.75 Å². The van der Waals surface area contributed by atoms with E-state index in [9.17, 15) is 9.59 Å². The summed E-state index contributed by atoms with van der Waals surface area (Å²) in [5.74, 6) is 0.402. The number of rotatable bonds is 9. The molecular formula is C27H25N3O4. The molecule has 3 aromatic heterocycles. The molecule has 5 rings (SSSR count). The molecule has 0 aliphatic heterocycles. The zero-order valence-electron chi connectivity index (χ0n) is 19.0. The first-order valence-electron chi connectivity index (χ1n) is 11.2. The van der Waals surface area contributed by atoms with Crippen molar-refractivity contribution < 1.29 is 14.3 Å². The lowest BCUT2D eigenvalue weighted by Gasteiger charge is -2.12. The van der Waals surface area contributed by atoms with Crippen molar-refractivity contribution in [1.82, 2.24) is 14.7 Å². The third-order valence-corrected chi connectivity index (χ3v) is 6.08. The van der Waals surface area contributed by atoms with Gasteiger partial charge in [0.15, 0.2) is 6.61 Å². The maximum Gasteiger partial charge on any atom is 0.263 e. The lowest BCUT2D eigenvalue weighted by Crippen LogP contribution is -2.30. The highest BCUT2D eigenvalue weighted by molar-refractivity contribution is 6.19. The fourth-order valence-corrected chi connectivity index (χ4v) is 4.63. The van der Waals surface area contributed by atoms with Crippen molar-refractivity contribution >= 4 is 44.0 Å². The molecule has 0 radical (unpaired) electrons. The molecule has 5 aromatic rings. The largest absolute Gasteiger partial charge is 0.483 e. The Hall–Kier alpha value is -3.97. The maximum atomic E-state index is 13.5. The van der Waals surface area contributed by atoms with Gasteiger partial charge in [0, 0.05) is 53.6 Å². The molecule has 172 valence electrons. The third kappa shape index (κ3) is 3.54. The van der Waals surface area contributed by atoms with E-state index in [0.29, 0.717) is 30.7 Å². The van der Waals surface area contributed by atoms with E-state index in [1.165, 1.54) is 0 Å². The highest BCUT2D eigenvalue weighted by Crippen LogP contribution is 2.38. The van der Waals surface area contributed by atoms with Crippen LogP contribution >= 0.6 is 0 Å². The zero-order valence-corrected chi connectivity index (χ0v) is 19.0. The summed E-state index contributed by atoms with van der Waals surface area (Å²) < 4.78 is 12.7. The number of benzene rings is 2. The van der Waals surface area contributed by atoms with Gasteiger partial charge in [0.2, 0.25) is 0 Å². The Balaban J connectivity index is 1.65. The predicted octanol–water partition coefficient (Wildman–Crippen LogP) is 3.85. The monoisotopic (exact) mass is 455 g/mol. The zero-order chi connectivity index (χ0) is 23.7. The number of carbonyl (C=O) groups is 1. The number of aromatic nitrogens is 2. The molecule has 0 saturated carbocycles. The molecule has 0 bridgehead atoms. The van der Waals surface area contributed by atoms with Crippen molar-refractivity contribution in [2.75, 3.05) is 26.9 Å². The van der Waals surface area contributed by atoms with Gasteiger partial charge in [0.1, 0.15) is 5.75 Å². The molecule has 0 spiro atoms. The average molecular weight is 456 g/mol. The second-order valence-corrected chi connectivity index (χ2v) is 8.16. The second kappa shape index (κ2) is 9.11. The van der Waals surface area contributed by atoms with Gasteiger partial charge in [-0.2, -0.15) is 0 Å². The molecule has 0 atom stereocenters. The molecular weight excluding hydrogens is 430 g/mol. The van der Waals surface area contributed by atoms with Crippen molar-refractivity contribution in [1.29, 1.82) is 0 Å². The number of ether oxygens (including phenoxy) is 2. The topological polar surface area (TPSA) is 81.9 Å². The minimum atomic E-state index is -0.196. The van der Waals surface area contributed by atoms with Crippen LogP contribution in [-0.4, -0.2) is 42.2 Å². The van der Waals surface area contributed by atoms with Crippen LogP contribution in [0.2, 0.25) is 0 Å². The van der Waals surface area contributed by atoms with E-state index >= 15 is 0 Å². The van der Waals surface area contributed by atoms with Crippen LogP contribution in [0, 0.1) is 0 Å². The summed E-state index contributed by atoms with van der Waals surface area (Å²) in [6.45, 7) is 4.93. The quantitative estimate of drug-likeness (QED) is 0.207. The summed E-state index contributed by atoms with van der Waals surface area (Å²) in [6, 6.07) is 13.2. The Kier molecular flexibility index (Phi) is 5.86. The normalized spacial score (nSPS) is 11.6. The number of nitrogens with zero attached hydrogens (tertiary/aromatic N) is 2. The number of nitrogens with one attached hydrogen (secondary N) is 1. The summed E-state index contributed by atoms with van der Waals surface area (Å²) in [6.07, 6.45) is 4.84. The number of allylic oxidation sites excluding steroid dienone is 1. The number of amides is 1. The van der Waals surface area contributed by atoms with E-state index in [4.69, 9.17) is 9.47 Å². The average Bonchev–Trinajstić information content (AvgIpc) is 3.20. The Labute approximate surface area is 195 Å². The Morgan fingerprint density at radius 1 is 1.15 bits per heavy atom. The number of carbonyl (C=O) groups excluding carboxylic acids is 1. The minimum Gasteiger partial charge on any atom is -0.483 e. The van der Waals surface area contributed by atoms with Gasteiger partial charge >= 0.3 is 0 Å². The van der Waals surface area contributed by atoms with E-state index in [0.717, 1.165) is 44.7 Å². The molecule has 0 unspecified atom stereocenters. The molecule has 7 nitrogen and oxygen atoms in total. The summed E-state index contributed by atoms with van der Waals surface area (Å²) in [7, 11) is 1.63. The van der Waals surface area contributed by atoms with Crippen LogP contribution in [-0.2, 0) is 16.0 Å². The minimum absolute atomic E-state index is 0.0789. The van der Waals surface area contributed by atoms with Crippen LogP contribution in [0.25, 0.3) is 38.1 Å². The summed E-state index contributed by atoms with van der Waals surface area (Å²) in [4.78, 5) is 30.4. The van der Waals surface area contributed by atoms with Gasteiger partial charge in [-0.3, -0.25) is 19.0 Å². The van der Waals surface area contributed by atoms with Crippen molar-refractivity contribution in [2.24, 2.45) is 0 Å². The second-order valence-electron chi connectivity index (χ2n) is 8.16. The van der Waals surface area contributed by atoms with Crippen molar-refractivity contribution in [2.45, 2.75) is 12.8 Å². The fourth-order valence-electron chi connectivity index (χ4n) is 4.63. The first-order chi connectivity index (χ1) is 16.7. The van der Waals surface area contributed by atoms with Gasteiger partial charge in [-0.1, -0.05) is 24.3 Å². The van der Waals surface area contributed by atoms with Crippen LogP contribution in [0.3, 0.4) is 0 Å². The number of hydrogen-bond donors (Lipinski definition) is 1. The molecule has 0 aliphatic carbocycles. The first-order valence-corrected chi connectivity index (χ1v) is 11.2. The Bertz CT molecular complexity index is 1590. The molecule has 34 heavy (non-hydrogen) atoms. The van der Waals surface area contributed by atoms with E-state index in [-0.39, 0.29) is 18.1 Å². The van der Waals surface area contributed by atoms with E-state index < -0.39 is 0 Å². The van der Waals surface area contributed by atoms with E-state index in [1.54, 1.807) is 23.8 Å². The first kappa shape index (κ1) is 21.9. The SMILES string of the molecule is C=CCc1c(OCC(=O)NCCCOC)ccc2c1c1ccnc3c4ccccc4c(=O)n2c13. The maximum absolute atomic E-state index is 13.5. The fraction of sp³-hybridized carbons (Fsp3) is 0.222. The summed E-state index contributed by atoms with van der Waals surface area (Å²) in [5, 5.41) is 6.13. The van der Waals surface area contributed by atoms with Crippen LogP contribution in [0.1, 0.15) is 12.0 Å². The number of methoxy groups -OCH3 is 1. The standard InChI is InChI=1S/C27H25N3O4/c1-3-7-19-22(34-16-23(31)28-13-6-15-33-2)11-10-21-24(19)20-12-14-29-25-17-8-4-5-9-18(17)27(32)30(21)26(20)25/h3-5,8-12,14H,1,6-7,13,15-16H2,2H3,(H,28,31). The van der Waals surface area contributed by atoms with Crippen LogP contribution in [0.4, 0.5) is 0 Å². The van der Waals surface area contributed by atoms with Crippen molar-refractivity contribution in [3.8, 4) is 5.75 Å². The van der Waals surface area contributed by atoms with E-state index in [2.05, 4.69) is 16.9 Å². The number of pyridine rings is 2.